The Labute approximate surface area is 116 Å². The molecule has 0 bridgehead atoms. The number of methoxy groups -OCH3 is 1. The fourth-order valence-electron chi connectivity index (χ4n) is 1.86. The Balaban J connectivity index is 2.15. The zero-order chi connectivity index (χ0) is 13.1. The third kappa shape index (κ3) is 3.05. The Morgan fingerprint density at radius 1 is 1.33 bits per heavy atom. The molecule has 0 saturated carbocycles. The highest BCUT2D eigenvalue weighted by molar-refractivity contribution is 7.16. The minimum atomic E-state index is -0.0331. The maximum atomic E-state index is 6.22. The summed E-state index contributed by atoms with van der Waals surface area (Å²) >= 11 is 7.49. The zero-order valence-electron chi connectivity index (χ0n) is 10.4. The van der Waals surface area contributed by atoms with Crippen molar-refractivity contribution in [2.24, 2.45) is 5.73 Å². The van der Waals surface area contributed by atoms with E-state index in [1.165, 1.54) is 4.88 Å². The van der Waals surface area contributed by atoms with Gasteiger partial charge in [-0.05, 0) is 36.2 Å². The molecule has 0 aliphatic carbocycles. The molecule has 96 valence electrons. The quantitative estimate of drug-likeness (QED) is 0.921. The lowest BCUT2D eigenvalue weighted by Crippen LogP contribution is -2.12. The van der Waals surface area contributed by atoms with E-state index in [2.05, 4.69) is 6.07 Å². The Hall–Kier alpha value is -1.03. The van der Waals surface area contributed by atoms with E-state index in [-0.39, 0.29) is 6.04 Å². The molecule has 0 spiro atoms. The van der Waals surface area contributed by atoms with Crippen molar-refractivity contribution in [3.8, 4) is 5.75 Å². The average molecular weight is 282 g/mol. The molecule has 1 heterocycles. The molecule has 1 aromatic carbocycles. The molecule has 2 rings (SSSR count). The highest BCUT2D eigenvalue weighted by Gasteiger charge is 2.10. The van der Waals surface area contributed by atoms with Crippen molar-refractivity contribution in [2.75, 3.05) is 7.11 Å². The van der Waals surface area contributed by atoms with Gasteiger partial charge in [0, 0.05) is 17.3 Å². The second kappa shape index (κ2) is 5.74. The summed E-state index contributed by atoms with van der Waals surface area (Å²) in [7, 11) is 1.68. The molecule has 2 N–H and O–H groups in total. The average Bonchev–Trinajstić information content (AvgIpc) is 2.75. The van der Waals surface area contributed by atoms with E-state index in [4.69, 9.17) is 22.1 Å². The normalized spacial score (nSPS) is 12.4. The highest BCUT2D eigenvalue weighted by atomic mass is 35.5. The van der Waals surface area contributed by atoms with Gasteiger partial charge in [-0.2, -0.15) is 0 Å². The van der Waals surface area contributed by atoms with Crippen molar-refractivity contribution >= 4 is 22.9 Å². The van der Waals surface area contributed by atoms with Gasteiger partial charge in [0.25, 0.3) is 0 Å². The Morgan fingerprint density at radius 3 is 2.72 bits per heavy atom. The summed E-state index contributed by atoms with van der Waals surface area (Å²) in [5.41, 5.74) is 8.42. The van der Waals surface area contributed by atoms with Gasteiger partial charge in [0.15, 0.2) is 0 Å². The third-order valence-corrected chi connectivity index (χ3v) is 4.16. The van der Waals surface area contributed by atoms with Crippen LogP contribution in [0.15, 0.2) is 30.3 Å². The zero-order valence-corrected chi connectivity index (χ0v) is 12.0. The van der Waals surface area contributed by atoms with Gasteiger partial charge in [-0.25, -0.2) is 0 Å². The van der Waals surface area contributed by atoms with E-state index in [1.807, 2.05) is 31.2 Å². The van der Waals surface area contributed by atoms with Crippen molar-refractivity contribution in [1.82, 2.24) is 0 Å². The molecular formula is C14H16ClNOS. The fourth-order valence-corrected chi connectivity index (χ4v) is 3.01. The molecule has 0 aliphatic heterocycles. The van der Waals surface area contributed by atoms with Gasteiger partial charge in [-0.3, -0.25) is 0 Å². The maximum Gasteiger partial charge on any atom is 0.122 e. The summed E-state index contributed by atoms with van der Waals surface area (Å²) in [6.45, 7) is 2.02. The number of benzene rings is 1. The van der Waals surface area contributed by atoms with E-state index in [9.17, 15) is 0 Å². The number of rotatable bonds is 4. The topological polar surface area (TPSA) is 35.2 Å². The molecule has 4 heteroatoms. The van der Waals surface area contributed by atoms with E-state index in [0.717, 1.165) is 27.6 Å². The predicted molar refractivity (Wildman–Crippen MR) is 77.7 cm³/mol. The van der Waals surface area contributed by atoms with Crippen molar-refractivity contribution in [3.63, 3.8) is 0 Å². The third-order valence-electron chi connectivity index (χ3n) is 2.91. The van der Waals surface area contributed by atoms with Gasteiger partial charge >= 0.3 is 0 Å². The summed E-state index contributed by atoms with van der Waals surface area (Å²) in [4.78, 5) is 1.20. The van der Waals surface area contributed by atoms with E-state index >= 15 is 0 Å². The smallest absolute Gasteiger partial charge is 0.122 e. The first-order valence-corrected chi connectivity index (χ1v) is 6.94. The van der Waals surface area contributed by atoms with Crippen LogP contribution in [0.4, 0.5) is 0 Å². The summed E-state index contributed by atoms with van der Waals surface area (Å²) in [5.74, 6) is 0.882. The standard InChI is InChI=1S/C14H16ClNOS/c1-9-3-4-10(7-13(9)17-2)12(16)8-11-5-6-14(15)18-11/h3-7,12H,8,16H2,1-2H3. The molecule has 1 unspecified atom stereocenters. The number of ether oxygens (including phenoxy) is 1. The number of hydrogen-bond acceptors (Lipinski definition) is 3. The van der Waals surface area contributed by atoms with E-state index < -0.39 is 0 Å². The van der Waals surface area contributed by atoms with Crippen molar-refractivity contribution in [2.45, 2.75) is 19.4 Å². The number of halogens is 1. The Bertz CT molecular complexity index is 538. The molecule has 1 aromatic heterocycles. The largest absolute Gasteiger partial charge is 0.496 e. The van der Waals surface area contributed by atoms with E-state index in [1.54, 1.807) is 18.4 Å². The SMILES string of the molecule is COc1cc(C(N)Cc2ccc(Cl)s2)ccc1C. The lowest BCUT2D eigenvalue weighted by atomic mass is 10.0. The number of nitrogens with two attached hydrogens (primary N) is 1. The number of aryl methyl sites for hydroxylation is 1. The highest BCUT2D eigenvalue weighted by Crippen LogP contribution is 2.28. The van der Waals surface area contributed by atoms with Crippen LogP contribution in [0.2, 0.25) is 4.34 Å². The first kappa shape index (κ1) is 13.4. The monoisotopic (exact) mass is 281 g/mol. The number of hydrogen-bond donors (Lipinski definition) is 1. The molecule has 0 radical (unpaired) electrons. The number of thiophene rings is 1. The summed E-state index contributed by atoms with van der Waals surface area (Å²) in [6.07, 6.45) is 0.795. The van der Waals surface area contributed by atoms with Crippen LogP contribution in [0, 0.1) is 6.92 Å². The summed E-state index contributed by atoms with van der Waals surface area (Å²) < 4.78 is 6.12. The minimum absolute atomic E-state index is 0.0331. The predicted octanol–water partition coefficient (Wildman–Crippen LogP) is 3.96. The van der Waals surface area contributed by atoms with Crippen molar-refractivity contribution in [1.29, 1.82) is 0 Å². The first-order chi connectivity index (χ1) is 8.60. The Kier molecular flexibility index (Phi) is 4.27. The van der Waals surface area contributed by atoms with Crippen LogP contribution in [0.25, 0.3) is 0 Å². The summed E-state index contributed by atoms with van der Waals surface area (Å²) in [6, 6.07) is 10.00. The maximum absolute atomic E-state index is 6.22. The van der Waals surface area contributed by atoms with Crippen LogP contribution < -0.4 is 10.5 Å². The molecule has 18 heavy (non-hydrogen) atoms. The van der Waals surface area contributed by atoms with Gasteiger partial charge in [0.1, 0.15) is 5.75 Å². The minimum Gasteiger partial charge on any atom is -0.496 e. The lowest BCUT2D eigenvalue weighted by molar-refractivity contribution is 0.410. The second-order valence-corrected chi connectivity index (χ2v) is 6.05. The van der Waals surface area contributed by atoms with Crippen molar-refractivity contribution in [3.05, 3.63) is 50.7 Å². The van der Waals surface area contributed by atoms with Gasteiger partial charge < -0.3 is 10.5 Å². The molecule has 0 fully saturated rings. The van der Waals surface area contributed by atoms with Crippen LogP contribution in [0.1, 0.15) is 22.0 Å². The van der Waals surface area contributed by atoms with Gasteiger partial charge in [-0.1, -0.05) is 23.7 Å². The van der Waals surface area contributed by atoms with Crippen molar-refractivity contribution < 1.29 is 4.74 Å². The lowest BCUT2D eigenvalue weighted by Gasteiger charge is -2.13. The summed E-state index contributed by atoms with van der Waals surface area (Å²) in [5, 5.41) is 0. The molecule has 0 saturated heterocycles. The van der Waals surface area contributed by atoms with Gasteiger partial charge in [0.2, 0.25) is 0 Å². The molecule has 1 atom stereocenters. The van der Waals surface area contributed by atoms with Crippen LogP contribution in [-0.4, -0.2) is 7.11 Å². The van der Waals surface area contributed by atoms with Crippen LogP contribution in [-0.2, 0) is 6.42 Å². The van der Waals surface area contributed by atoms with Gasteiger partial charge in [-0.15, -0.1) is 11.3 Å². The Morgan fingerprint density at radius 2 is 2.11 bits per heavy atom. The molecule has 0 amide bonds. The van der Waals surface area contributed by atoms with E-state index in [0.29, 0.717) is 0 Å². The first-order valence-electron chi connectivity index (χ1n) is 5.74. The van der Waals surface area contributed by atoms with Gasteiger partial charge in [0.05, 0.1) is 11.4 Å². The molecular weight excluding hydrogens is 266 g/mol. The molecule has 0 aliphatic rings. The second-order valence-electron chi connectivity index (χ2n) is 4.25. The van der Waals surface area contributed by atoms with Crippen LogP contribution in [0.3, 0.4) is 0 Å². The van der Waals surface area contributed by atoms with Crippen LogP contribution in [0.5, 0.6) is 5.75 Å². The molecule has 2 nitrogen and oxygen atoms in total. The van der Waals surface area contributed by atoms with Crippen LogP contribution >= 0.6 is 22.9 Å². The molecule has 2 aromatic rings. The fraction of sp³-hybridized carbons (Fsp3) is 0.286.